The van der Waals surface area contributed by atoms with Crippen LogP contribution >= 0.6 is 0 Å². The zero-order valence-electron chi connectivity index (χ0n) is 10.8. The molecule has 3 nitrogen and oxygen atoms in total. The third kappa shape index (κ3) is 3.51. The van der Waals surface area contributed by atoms with Gasteiger partial charge in [-0.3, -0.25) is 9.88 Å². The molecule has 0 bridgehead atoms. The van der Waals surface area contributed by atoms with Gasteiger partial charge in [-0.2, -0.15) is 0 Å². The van der Waals surface area contributed by atoms with Gasteiger partial charge in [0.15, 0.2) is 0 Å². The predicted octanol–water partition coefficient (Wildman–Crippen LogP) is 2.47. The van der Waals surface area contributed by atoms with Gasteiger partial charge in [0.25, 0.3) is 0 Å². The molecule has 1 saturated heterocycles. The van der Waals surface area contributed by atoms with Gasteiger partial charge in [-0.05, 0) is 38.8 Å². The van der Waals surface area contributed by atoms with Crippen molar-refractivity contribution in [2.45, 2.75) is 45.4 Å². The van der Waals surface area contributed by atoms with Crippen molar-refractivity contribution in [3.05, 3.63) is 30.1 Å². The third-order valence-corrected chi connectivity index (χ3v) is 3.60. The Morgan fingerprint density at radius 2 is 2.06 bits per heavy atom. The topological polar surface area (TPSA) is 25.4 Å². The number of rotatable bonds is 5. The van der Waals surface area contributed by atoms with E-state index >= 15 is 0 Å². The molecule has 1 aliphatic heterocycles. The van der Waals surface area contributed by atoms with Crippen molar-refractivity contribution >= 4 is 0 Å². The van der Waals surface area contributed by atoms with Crippen molar-refractivity contribution in [1.29, 1.82) is 0 Å². The molecule has 0 amide bonds. The van der Waals surface area contributed by atoms with E-state index in [2.05, 4.69) is 23.7 Å². The molecule has 1 aromatic heterocycles. The Labute approximate surface area is 104 Å². The van der Waals surface area contributed by atoms with Crippen molar-refractivity contribution in [3.8, 4) is 0 Å². The summed E-state index contributed by atoms with van der Waals surface area (Å²) in [6.45, 7) is 7.07. The monoisotopic (exact) mass is 234 g/mol. The lowest BCUT2D eigenvalue weighted by Gasteiger charge is -2.25. The van der Waals surface area contributed by atoms with Crippen LogP contribution in [0.15, 0.2) is 24.4 Å². The lowest BCUT2D eigenvalue weighted by molar-refractivity contribution is 0.0784. The minimum absolute atomic E-state index is 0.622. The lowest BCUT2D eigenvalue weighted by Crippen LogP contribution is -2.35. The van der Waals surface area contributed by atoms with Crippen molar-refractivity contribution in [2.24, 2.45) is 0 Å². The molecule has 0 unspecified atom stereocenters. The normalized spacial score (nSPS) is 25.3. The molecule has 0 spiro atoms. The van der Waals surface area contributed by atoms with Crippen LogP contribution in [0.3, 0.4) is 0 Å². The molecule has 94 valence electrons. The Morgan fingerprint density at radius 1 is 1.29 bits per heavy atom. The van der Waals surface area contributed by atoms with E-state index < -0.39 is 0 Å². The van der Waals surface area contributed by atoms with Crippen LogP contribution in [0.2, 0.25) is 0 Å². The van der Waals surface area contributed by atoms with E-state index in [1.54, 1.807) is 0 Å². The number of nitrogens with zero attached hydrogens (tertiary/aromatic N) is 2. The van der Waals surface area contributed by atoms with E-state index in [4.69, 9.17) is 4.74 Å². The summed E-state index contributed by atoms with van der Waals surface area (Å²) >= 11 is 0. The van der Waals surface area contributed by atoms with E-state index in [1.165, 1.54) is 12.8 Å². The SMILES string of the molecule is C[C@@H]1CC[C@H](C)N1CCOCc1ccccn1. The number of pyridine rings is 1. The summed E-state index contributed by atoms with van der Waals surface area (Å²) in [5.74, 6) is 0. The number of hydrogen-bond donors (Lipinski definition) is 0. The largest absolute Gasteiger partial charge is 0.374 e. The van der Waals surface area contributed by atoms with Crippen LogP contribution in [0.1, 0.15) is 32.4 Å². The molecule has 3 heteroatoms. The first-order valence-corrected chi connectivity index (χ1v) is 6.51. The van der Waals surface area contributed by atoms with Gasteiger partial charge in [0.2, 0.25) is 0 Å². The fourth-order valence-electron chi connectivity index (χ4n) is 2.52. The summed E-state index contributed by atoms with van der Waals surface area (Å²) in [7, 11) is 0. The zero-order valence-corrected chi connectivity index (χ0v) is 10.8. The molecule has 2 atom stereocenters. The van der Waals surface area contributed by atoms with Gasteiger partial charge in [0, 0.05) is 24.8 Å². The quantitative estimate of drug-likeness (QED) is 0.732. The molecule has 0 saturated carbocycles. The Balaban J connectivity index is 1.66. The number of likely N-dealkylation sites (tertiary alicyclic amines) is 1. The first-order valence-electron chi connectivity index (χ1n) is 6.51. The van der Waals surface area contributed by atoms with Gasteiger partial charge >= 0.3 is 0 Å². The van der Waals surface area contributed by atoms with Crippen molar-refractivity contribution in [2.75, 3.05) is 13.2 Å². The van der Waals surface area contributed by atoms with Crippen LogP contribution in [0.25, 0.3) is 0 Å². The van der Waals surface area contributed by atoms with Gasteiger partial charge in [-0.15, -0.1) is 0 Å². The minimum atomic E-state index is 0.622. The van der Waals surface area contributed by atoms with Gasteiger partial charge < -0.3 is 4.74 Å². The second-order valence-electron chi connectivity index (χ2n) is 4.89. The van der Waals surface area contributed by atoms with Crippen LogP contribution in [-0.2, 0) is 11.3 Å². The minimum Gasteiger partial charge on any atom is -0.374 e. The molecule has 1 aliphatic rings. The summed E-state index contributed by atoms with van der Waals surface area (Å²) < 4.78 is 5.67. The molecule has 2 heterocycles. The predicted molar refractivity (Wildman–Crippen MR) is 68.8 cm³/mol. The van der Waals surface area contributed by atoms with Crippen molar-refractivity contribution in [1.82, 2.24) is 9.88 Å². The highest BCUT2D eigenvalue weighted by Crippen LogP contribution is 2.22. The second kappa shape index (κ2) is 6.12. The molecule has 1 fully saturated rings. The molecule has 0 aliphatic carbocycles. The van der Waals surface area contributed by atoms with Gasteiger partial charge in [-0.25, -0.2) is 0 Å². The maximum Gasteiger partial charge on any atom is 0.0888 e. The Hall–Kier alpha value is -0.930. The number of hydrogen-bond acceptors (Lipinski definition) is 3. The van der Waals surface area contributed by atoms with E-state index in [9.17, 15) is 0 Å². The first-order chi connectivity index (χ1) is 8.27. The Bertz CT molecular complexity index is 318. The van der Waals surface area contributed by atoms with Crippen molar-refractivity contribution in [3.63, 3.8) is 0 Å². The van der Waals surface area contributed by atoms with E-state index in [0.717, 1.165) is 18.8 Å². The Kier molecular flexibility index (Phi) is 4.51. The number of ether oxygens (including phenoxy) is 1. The molecular formula is C14H22N2O. The van der Waals surface area contributed by atoms with Crippen LogP contribution in [0, 0.1) is 0 Å². The average molecular weight is 234 g/mol. The lowest BCUT2D eigenvalue weighted by atomic mass is 10.2. The van der Waals surface area contributed by atoms with Crippen LogP contribution in [-0.4, -0.2) is 35.1 Å². The molecule has 1 aromatic rings. The zero-order chi connectivity index (χ0) is 12.1. The van der Waals surface area contributed by atoms with E-state index in [1.807, 2.05) is 24.4 Å². The highest BCUT2D eigenvalue weighted by Gasteiger charge is 2.26. The van der Waals surface area contributed by atoms with Gasteiger partial charge in [0.05, 0.1) is 18.9 Å². The Morgan fingerprint density at radius 3 is 2.71 bits per heavy atom. The average Bonchev–Trinajstić information content (AvgIpc) is 2.67. The summed E-state index contributed by atoms with van der Waals surface area (Å²) in [6, 6.07) is 7.35. The van der Waals surface area contributed by atoms with E-state index in [-0.39, 0.29) is 0 Å². The maximum absolute atomic E-state index is 5.67. The molecule has 2 rings (SSSR count). The molecule has 0 radical (unpaired) electrons. The van der Waals surface area contributed by atoms with Gasteiger partial charge in [0.1, 0.15) is 0 Å². The van der Waals surface area contributed by atoms with Crippen LogP contribution in [0.5, 0.6) is 0 Å². The first kappa shape index (κ1) is 12.5. The third-order valence-electron chi connectivity index (χ3n) is 3.60. The molecular weight excluding hydrogens is 212 g/mol. The maximum atomic E-state index is 5.67. The summed E-state index contributed by atoms with van der Waals surface area (Å²) in [4.78, 5) is 6.78. The van der Waals surface area contributed by atoms with Crippen LogP contribution in [0.4, 0.5) is 0 Å². The second-order valence-corrected chi connectivity index (χ2v) is 4.89. The van der Waals surface area contributed by atoms with Crippen molar-refractivity contribution < 1.29 is 4.74 Å². The fraction of sp³-hybridized carbons (Fsp3) is 0.643. The molecule has 17 heavy (non-hydrogen) atoms. The number of aromatic nitrogens is 1. The van der Waals surface area contributed by atoms with Gasteiger partial charge in [-0.1, -0.05) is 6.07 Å². The summed E-state index contributed by atoms with van der Waals surface area (Å²) in [6.07, 6.45) is 4.45. The highest BCUT2D eigenvalue weighted by molar-refractivity contribution is 5.01. The highest BCUT2D eigenvalue weighted by atomic mass is 16.5. The van der Waals surface area contributed by atoms with E-state index in [0.29, 0.717) is 18.7 Å². The standard InChI is InChI=1S/C14H22N2O/c1-12-6-7-13(2)16(12)9-10-17-11-14-5-3-4-8-15-14/h3-5,8,12-13H,6-7,9-11H2,1-2H3/t12-,13+. The summed E-state index contributed by atoms with van der Waals surface area (Å²) in [5, 5.41) is 0. The molecule has 0 N–H and O–H groups in total. The van der Waals surface area contributed by atoms with Crippen LogP contribution < -0.4 is 0 Å². The fourth-order valence-corrected chi connectivity index (χ4v) is 2.52. The molecule has 0 aromatic carbocycles. The summed E-state index contributed by atoms with van der Waals surface area (Å²) in [5.41, 5.74) is 1.01. The smallest absolute Gasteiger partial charge is 0.0888 e.